The number of likely N-dealkylation sites (tertiary alicyclic amines) is 1. The van der Waals surface area contributed by atoms with Gasteiger partial charge in [-0.05, 0) is 62.5 Å². The molecule has 1 saturated heterocycles. The molecule has 3 aliphatic rings. The van der Waals surface area contributed by atoms with Crippen LogP contribution in [0.1, 0.15) is 58.4 Å². The molecule has 0 aromatic heterocycles. The van der Waals surface area contributed by atoms with Crippen molar-refractivity contribution in [3.05, 3.63) is 29.6 Å². The molecule has 4 rings (SSSR count). The molecule has 22 heavy (non-hydrogen) atoms. The van der Waals surface area contributed by atoms with Crippen molar-refractivity contribution >= 4 is 5.69 Å². The van der Waals surface area contributed by atoms with Crippen LogP contribution in [0.25, 0.3) is 0 Å². The van der Waals surface area contributed by atoms with Crippen molar-refractivity contribution < 1.29 is 5.82 Å². The molecule has 3 heteroatoms. The SMILES string of the molecule is Fc1ccc2c(c1)C1(CCN(C3CCCCCC3)CC1)CN2.[HH]. The predicted octanol–water partition coefficient (Wildman–Crippen LogP) is 4.55. The molecule has 1 aromatic rings. The minimum absolute atomic E-state index is 0. The van der Waals surface area contributed by atoms with Gasteiger partial charge in [-0.1, -0.05) is 25.7 Å². The average Bonchev–Trinajstić information content (AvgIpc) is 2.74. The fourth-order valence-corrected chi connectivity index (χ4v) is 4.86. The third kappa shape index (κ3) is 2.54. The molecule has 0 radical (unpaired) electrons. The molecule has 1 aliphatic carbocycles. The van der Waals surface area contributed by atoms with E-state index >= 15 is 0 Å². The van der Waals surface area contributed by atoms with Gasteiger partial charge in [0, 0.05) is 25.1 Å². The summed E-state index contributed by atoms with van der Waals surface area (Å²) in [5.74, 6) is -0.0898. The van der Waals surface area contributed by atoms with Crippen molar-refractivity contribution in [2.75, 3.05) is 25.0 Å². The first-order valence-electron chi connectivity index (χ1n) is 9.05. The zero-order chi connectivity index (χ0) is 15.0. The first-order chi connectivity index (χ1) is 10.8. The van der Waals surface area contributed by atoms with Gasteiger partial charge in [-0.3, -0.25) is 0 Å². The number of halogens is 1. The van der Waals surface area contributed by atoms with Gasteiger partial charge >= 0.3 is 0 Å². The number of nitrogens with one attached hydrogen (secondary N) is 1. The lowest BCUT2D eigenvalue weighted by Gasteiger charge is -2.42. The van der Waals surface area contributed by atoms with Crippen LogP contribution in [-0.4, -0.2) is 30.6 Å². The van der Waals surface area contributed by atoms with Crippen LogP contribution >= 0.6 is 0 Å². The average molecular weight is 304 g/mol. The zero-order valence-electron chi connectivity index (χ0n) is 13.4. The predicted molar refractivity (Wildman–Crippen MR) is 91.0 cm³/mol. The van der Waals surface area contributed by atoms with E-state index in [1.165, 1.54) is 70.0 Å². The fraction of sp³-hybridized carbons (Fsp3) is 0.684. The van der Waals surface area contributed by atoms with Crippen LogP contribution in [0.15, 0.2) is 18.2 Å². The van der Waals surface area contributed by atoms with E-state index in [1.807, 2.05) is 6.07 Å². The second-order valence-electron chi connectivity index (χ2n) is 7.51. The maximum Gasteiger partial charge on any atom is 0.123 e. The number of benzene rings is 1. The smallest absolute Gasteiger partial charge is 0.123 e. The molecule has 1 aromatic carbocycles. The summed E-state index contributed by atoms with van der Waals surface area (Å²) in [5, 5.41) is 3.51. The minimum atomic E-state index is -0.0898. The number of rotatable bonds is 1. The quantitative estimate of drug-likeness (QED) is 0.766. The molecule has 1 saturated carbocycles. The molecule has 0 amide bonds. The number of piperidine rings is 1. The molecule has 2 heterocycles. The van der Waals surface area contributed by atoms with Crippen molar-refractivity contribution in [2.24, 2.45) is 0 Å². The van der Waals surface area contributed by atoms with Gasteiger partial charge in [-0.15, -0.1) is 0 Å². The lowest BCUT2D eigenvalue weighted by atomic mass is 9.74. The second-order valence-corrected chi connectivity index (χ2v) is 7.51. The summed E-state index contributed by atoms with van der Waals surface area (Å²) in [6, 6.07) is 6.07. The van der Waals surface area contributed by atoms with E-state index in [0.29, 0.717) is 0 Å². The van der Waals surface area contributed by atoms with E-state index in [2.05, 4.69) is 10.2 Å². The van der Waals surface area contributed by atoms with Crippen LogP contribution in [0.5, 0.6) is 0 Å². The molecule has 2 nitrogen and oxygen atoms in total. The third-order valence-electron chi connectivity index (χ3n) is 6.27. The van der Waals surface area contributed by atoms with Gasteiger partial charge in [0.2, 0.25) is 0 Å². The van der Waals surface area contributed by atoms with Crippen LogP contribution in [-0.2, 0) is 5.41 Å². The Labute approximate surface area is 134 Å². The van der Waals surface area contributed by atoms with Gasteiger partial charge < -0.3 is 10.2 Å². The molecule has 2 fully saturated rings. The lowest BCUT2D eigenvalue weighted by molar-refractivity contribution is 0.111. The molecule has 122 valence electrons. The van der Waals surface area contributed by atoms with E-state index in [1.54, 1.807) is 12.1 Å². The number of anilines is 1. The Morgan fingerprint density at radius 3 is 2.55 bits per heavy atom. The highest BCUT2D eigenvalue weighted by Gasteiger charge is 2.42. The number of hydrogen-bond donors (Lipinski definition) is 1. The summed E-state index contributed by atoms with van der Waals surface area (Å²) >= 11 is 0. The summed E-state index contributed by atoms with van der Waals surface area (Å²) in [5.41, 5.74) is 2.57. The summed E-state index contributed by atoms with van der Waals surface area (Å²) in [7, 11) is 0. The van der Waals surface area contributed by atoms with Gasteiger partial charge in [0.05, 0.1) is 0 Å². The molecule has 0 bridgehead atoms. The van der Waals surface area contributed by atoms with E-state index in [-0.39, 0.29) is 12.7 Å². The minimum Gasteiger partial charge on any atom is -0.384 e. The molecule has 2 aliphatic heterocycles. The Morgan fingerprint density at radius 1 is 1.09 bits per heavy atom. The summed E-state index contributed by atoms with van der Waals surface area (Å²) in [6.07, 6.45) is 10.8. The summed E-state index contributed by atoms with van der Waals surface area (Å²) in [4.78, 5) is 2.73. The Balaban J connectivity index is 0.00000156. The Hall–Kier alpha value is -1.09. The Morgan fingerprint density at radius 2 is 1.82 bits per heavy atom. The van der Waals surface area contributed by atoms with Crippen LogP contribution < -0.4 is 5.32 Å². The first-order valence-corrected chi connectivity index (χ1v) is 9.05. The van der Waals surface area contributed by atoms with Crippen molar-refractivity contribution in [3.63, 3.8) is 0 Å². The van der Waals surface area contributed by atoms with Crippen molar-refractivity contribution in [1.29, 1.82) is 0 Å². The Bertz CT molecular complexity index is 532. The normalized spacial score (nSPS) is 25.7. The number of nitrogens with zero attached hydrogens (tertiary/aromatic N) is 1. The third-order valence-corrected chi connectivity index (χ3v) is 6.27. The molecule has 0 unspecified atom stereocenters. The highest BCUT2D eigenvalue weighted by molar-refractivity contribution is 5.60. The van der Waals surface area contributed by atoms with E-state index in [9.17, 15) is 4.39 Å². The van der Waals surface area contributed by atoms with Crippen molar-refractivity contribution in [1.82, 2.24) is 4.90 Å². The zero-order valence-corrected chi connectivity index (χ0v) is 13.4. The van der Waals surface area contributed by atoms with Gasteiger partial charge in [0.25, 0.3) is 0 Å². The maximum absolute atomic E-state index is 13.7. The number of hydrogen-bond acceptors (Lipinski definition) is 2. The topological polar surface area (TPSA) is 15.3 Å². The fourth-order valence-electron chi connectivity index (χ4n) is 4.86. The molecular weight excluding hydrogens is 275 g/mol. The molecular formula is C19H29FN2. The second kappa shape index (κ2) is 5.84. The largest absolute Gasteiger partial charge is 0.384 e. The van der Waals surface area contributed by atoms with Gasteiger partial charge in [0.15, 0.2) is 0 Å². The first kappa shape index (κ1) is 14.5. The highest BCUT2D eigenvalue weighted by Crippen LogP contribution is 2.44. The van der Waals surface area contributed by atoms with Gasteiger partial charge in [-0.25, -0.2) is 4.39 Å². The van der Waals surface area contributed by atoms with Crippen LogP contribution in [0.3, 0.4) is 0 Å². The van der Waals surface area contributed by atoms with E-state index < -0.39 is 0 Å². The van der Waals surface area contributed by atoms with Crippen LogP contribution in [0.2, 0.25) is 0 Å². The summed E-state index contributed by atoms with van der Waals surface area (Å²) < 4.78 is 13.7. The number of fused-ring (bicyclic) bond motifs is 2. The maximum atomic E-state index is 13.7. The van der Waals surface area contributed by atoms with Crippen LogP contribution in [0, 0.1) is 5.82 Å². The summed E-state index contributed by atoms with van der Waals surface area (Å²) in [6.45, 7) is 3.36. The van der Waals surface area contributed by atoms with Crippen molar-refractivity contribution in [2.45, 2.75) is 62.8 Å². The van der Waals surface area contributed by atoms with Crippen LogP contribution in [0.4, 0.5) is 10.1 Å². The monoisotopic (exact) mass is 304 g/mol. The van der Waals surface area contributed by atoms with Crippen molar-refractivity contribution in [3.8, 4) is 0 Å². The van der Waals surface area contributed by atoms with Gasteiger partial charge in [-0.2, -0.15) is 0 Å². The Kier molecular flexibility index (Phi) is 3.85. The molecule has 0 atom stereocenters. The van der Waals surface area contributed by atoms with E-state index in [4.69, 9.17) is 0 Å². The molecule has 1 spiro atoms. The lowest BCUT2D eigenvalue weighted by Crippen LogP contribution is -2.47. The van der Waals surface area contributed by atoms with E-state index in [0.717, 1.165) is 18.3 Å². The highest BCUT2D eigenvalue weighted by atomic mass is 19.1. The van der Waals surface area contributed by atoms with Gasteiger partial charge in [0.1, 0.15) is 5.82 Å². The standard InChI is InChI=1S/C19H27FN2.H2/c20-15-7-8-18-17(13-15)19(14-21-18)9-11-22(12-10-19)16-5-3-1-2-4-6-16;/h7-8,13,16,21H,1-6,9-12,14H2;1H. The molecule has 1 N–H and O–H groups in total.